The number of nitriles is 1. The summed E-state index contributed by atoms with van der Waals surface area (Å²) in [5.74, 6) is 0.681. The lowest BCUT2D eigenvalue weighted by Gasteiger charge is -2.28. The highest BCUT2D eigenvalue weighted by Crippen LogP contribution is 2.22. The van der Waals surface area contributed by atoms with E-state index in [1.807, 2.05) is 30.3 Å². The Labute approximate surface area is 123 Å². The van der Waals surface area contributed by atoms with E-state index >= 15 is 0 Å². The second-order valence-electron chi connectivity index (χ2n) is 5.61. The molecule has 110 valence electrons. The van der Waals surface area contributed by atoms with Crippen molar-refractivity contribution < 1.29 is 0 Å². The molecular formula is C17H27N3. The Morgan fingerprint density at radius 1 is 1.30 bits per heavy atom. The van der Waals surface area contributed by atoms with Gasteiger partial charge in [0.2, 0.25) is 0 Å². The quantitative estimate of drug-likeness (QED) is 0.791. The van der Waals surface area contributed by atoms with Crippen molar-refractivity contribution >= 4 is 0 Å². The van der Waals surface area contributed by atoms with Crippen molar-refractivity contribution in [2.75, 3.05) is 19.6 Å². The second-order valence-corrected chi connectivity index (χ2v) is 5.61. The summed E-state index contributed by atoms with van der Waals surface area (Å²) in [6.07, 6.45) is 1.85. The van der Waals surface area contributed by atoms with Gasteiger partial charge in [0.15, 0.2) is 0 Å². The highest BCUT2D eigenvalue weighted by atomic mass is 15.1. The van der Waals surface area contributed by atoms with Gasteiger partial charge in [0.05, 0.1) is 6.07 Å². The molecule has 0 heterocycles. The molecule has 0 aliphatic carbocycles. The molecule has 0 fully saturated rings. The van der Waals surface area contributed by atoms with E-state index in [1.54, 1.807) is 0 Å². The standard InChI is InChI=1S/C17H27N3/c1-4-15(3)13-20(5-2)12-11-17(19,14-18)16-9-7-6-8-10-16/h6-10,15H,4-5,11-13,19H2,1-3H3. The zero-order valence-corrected chi connectivity index (χ0v) is 13.0. The molecule has 1 aromatic carbocycles. The van der Waals surface area contributed by atoms with Crippen LogP contribution >= 0.6 is 0 Å². The Kier molecular flexibility index (Phi) is 6.70. The molecule has 1 rings (SSSR count). The van der Waals surface area contributed by atoms with Gasteiger partial charge < -0.3 is 10.6 Å². The largest absolute Gasteiger partial charge is 0.310 e. The summed E-state index contributed by atoms with van der Waals surface area (Å²) in [6, 6.07) is 12.0. The van der Waals surface area contributed by atoms with Crippen molar-refractivity contribution in [3.05, 3.63) is 35.9 Å². The van der Waals surface area contributed by atoms with E-state index in [9.17, 15) is 5.26 Å². The molecule has 0 aromatic heterocycles. The molecule has 20 heavy (non-hydrogen) atoms. The molecule has 0 amide bonds. The van der Waals surface area contributed by atoms with E-state index in [0.29, 0.717) is 12.3 Å². The van der Waals surface area contributed by atoms with Gasteiger partial charge in [0, 0.05) is 13.1 Å². The van der Waals surface area contributed by atoms with E-state index in [-0.39, 0.29) is 0 Å². The minimum atomic E-state index is -0.885. The first-order valence-corrected chi connectivity index (χ1v) is 7.53. The minimum absolute atomic E-state index is 0.664. The summed E-state index contributed by atoms with van der Waals surface area (Å²) < 4.78 is 0. The van der Waals surface area contributed by atoms with E-state index in [2.05, 4.69) is 31.7 Å². The Hall–Kier alpha value is -1.37. The molecule has 3 heteroatoms. The van der Waals surface area contributed by atoms with Gasteiger partial charge in [0.25, 0.3) is 0 Å². The molecule has 0 saturated carbocycles. The summed E-state index contributed by atoms with van der Waals surface area (Å²) in [5.41, 5.74) is 6.32. The van der Waals surface area contributed by atoms with Crippen LogP contribution in [-0.2, 0) is 5.54 Å². The first-order valence-electron chi connectivity index (χ1n) is 7.53. The highest BCUT2D eigenvalue weighted by Gasteiger charge is 2.27. The maximum absolute atomic E-state index is 9.46. The number of hydrogen-bond donors (Lipinski definition) is 1. The first-order chi connectivity index (χ1) is 9.55. The van der Waals surface area contributed by atoms with Crippen LogP contribution in [0.15, 0.2) is 30.3 Å². The van der Waals surface area contributed by atoms with Gasteiger partial charge in [-0.1, -0.05) is 57.5 Å². The first kappa shape index (κ1) is 16.7. The Morgan fingerprint density at radius 2 is 1.95 bits per heavy atom. The van der Waals surface area contributed by atoms with Gasteiger partial charge in [-0.3, -0.25) is 0 Å². The molecule has 0 aliphatic rings. The Bertz CT molecular complexity index is 424. The van der Waals surface area contributed by atoms with Gasteiger partial charge in [0.1, 0.15) is 5.54 Å². The van der Waals surface area contributed by atoms with Crippen LogP contribution < -0.4 is 5.73 Å². The van der Waals surface area contributed by atoms with Crippen LogP contribution in [0.2, 0.25) is 0 Å². The van der Waals surface area contributed by atoms with Crippen molar-refractivity contribution in [1.29, 1.82) is 5.26 Å². The molecule has 1 aromatic rings. The lowest BCUT2D eigenvalue weighted by Crippen LogP contribution is -2.40. The SMILES string of the molecule is CCC(C)CN(CC)CCC(N)(C#N)c1ccccc1. The fourth-order valence-corrected chi connectivity index (χ4v) is 2.28. The average molecular weight is 273 g/mol. The summed E-state index contributed by atoms with van der Waals surface area (Å²) in [4.78, 5) is 2.38. The van der Waals surface area contributed by atoms with Gasteiger partial charge in [-0.05, 0) is 24.4 Å². The van der Waals surface area contributed by atoms with E-state index in [4.69, 9.17) is 5.73 Å². The van der Waals surface area contributed by atoms with E-state index in [1.165, 1.54) is 6.42 Å². The molecule has 2 N–H and O–H groups in total. The van der Waals surface area contributed by atoms with Crippen LogP contribution in [-0.4, -0.2) is 24.5 Å². The third-order valence-electron chi connectivity index (χ3n) is 4.02. The Morgan fingerprint density at radius 3 is 2.45 bits per heavy atom. The topological polar surface area (TPSA) is 53.0 Å². The fraction of sp³-hybridized carbons (Fsp3) is 0.588. The number of hydrogen-bond acceptors (Lipinski definition) is 3. The predicted molar refractivity (Wildman–Crippen MR) is 84.1 cm³/mol. The molecule has 0 radical (unpaired) electrons. The summed E-state index contributed by atoms with van der Waals surface area (Å²) >= 11 is 0. The summed E-state index contributed by atoms with van der Waals surface area (Å²) in [5, 5.41) is 9.46. The van der Waals surface area contributed by atoms with Crippen molar-refractivity contribution in [3.63, 3.8) is 0 Å². The lowest BCUT2D eigenvalue weighted by molar-refractivity contribution is 0.229. The van der Waals surface area contributed by atoms with Crippen molar-refractivity contribution in [2.24, 2.45) is 11.7 Å². The molecule has 0 spiro atoms. The van der Waals surface area contributed by atoms with Gasteiger partial charge in [-0.25, -0.2) is 0 Å². The number of nitrogens with zero attached hydrogens (tertiary/aromatic N) is 2. The number of benzene rings is 1. The van der Waals surface area contributed by atoms with Crippen LogP contribution in [0.5, 0.6) is 0 Å². The second kappa shape index (κ2) is 8.04. The number of nitrogens with two attached hydrogens (primary N) is 1. The van der Waals surface area contributed by atoms with Crippen LogP contribution in [0.1, 0.15) is 39.2 Å². The molecule has 3 nitrogen and oxygen atoms in total. The van der Waals surface area contributed by atoms with Gasteiger partial charge in [-0.2, -0.15) is 5.26 Å². The fourth-order valence-electron chi connectivity index (χ4n) is 2.28. The van der Waals surface area contributed by atoms with Crippen molar-refractivity contribution in [3.8, 4) is 6.07 Å². The smallest absolute Gasteiger partial charge is 0.131 e. The maximum Gasteiger partial charge on any atom is 0.131 e. The Balaban J connectivity index is 2.67. The molecule has 0 saturated heterocycles. The monoisotopic (exact) mass is 273 g/mol. The molecule has 2 unspecified atom stereocenters. The number of rotatable bonds is 8. The van der Waals surface area contributed by atoms with Crippen LogP contribution in [0.25, 0.3) is 0 Å². The molecule has 0 bridgehead atoms. The molecule has 0 aliphatic heterocycles. The normalized spacial score (nSPS) is 15.6. The van der Waals surface area contributed by atoms with E-state index in [0.717, 1.165) is 25.2 Å². The van der Waals surface area contributed by atoms with Gasteiger partial charge >= 0.3 is 0 Å². The summed E-state index contributed by atoms with van der Waals surface area (Å²) in [7, 11) is 0. The average Bonchev–Trinajstić information content (AvgIpc) is 2.51. The lowest BCUT2D eigenvalue weighted by atomic mass is 9.89. The van der Waals surface area contributed by atoms with Crippen LogP contribution in [0.4, 0.5) is 0 Å². The molecular weight excluding hydrogens is 246 g/mol. The van der Waals surface area contributed by atoms with Crippen molar-refractivity contribution in [1.82, 2.24) is 4.90 Å². The third kappa shape index (κ3) is 4.63. The highest BCUT2D eigenvalue weighted by molar-refractivity contribution is 5.30. The van der Waals surface area contributed by atoms with Crippen LogP contribution in [0.3, 0.4) is 0 Å². The van der Waals surface area contributed by atoms with Crippen molar-refractivity contribution in [2.45, 2.75) is 39.2 Å². The zero-order chi connectivity index (χ0) is 15.0. The molecule has 2 atom stereocenters. The van der Waals surface area contributed by atoms with E-state index < -0.39 is 5.54 Å². The van der Waals surface area contributed by atoms with Gasteiger partial charge in [-0.15, -0.1) is 0 Å². The predicted octanol–water partition coefficient (Wildman–Crippen LogP) is 3.12. The summed E-state index contributed by atoms with van der Waals surface area (Å²) in [6.45, 7) is 9.57. The zero-order valence-electron chi connectivity index (χ0n) is 13.0. The third-order valence-corrected chi connectivity index (χ3v) is 4.02. The van der Waals surface area contributed by atoms with Crippen LogP contribution in [0, 0.1) is 17.2 Å². The minimum Gasteiger partial charge on any atom is -0.310 e. The maximum atomic E-state index is 9.46.